The van der Waals surface area contributed by atoms with Gasteiger partial charge in [-0.15, -0.1) is 0 Å². The lowest BCUT2D eigenvalue weighted by atomic mass is 9.94. The number of allylic oxidation sites excluding steroid dienone is 1. The number of aromatic nitrogens is 2. The molecule has 2 aromatic heterocycles. The molecular weight excluding hydrogens is 813 g/mol. The molecule has 15 nitrogen and oxygen atoms in total. The van der Waals surface area contributed by atoms with Crippen molar-refractivity contribution in [2.45, 2.75) is 99.4 Å². The van der Waals surface area contributed by atoms with Crippen LogP contribution in [0.4, 0.5) is 8.78 Å². The molecule has 8 rings (SSSR count). The minimum absolute atomic E-state index is 0.0830. The van der Waals surface area contributed by atoms with Crippen LogP contribution in [0, 0.1) is 11.8 Å². The van der Waals surface area contributed by atoms with E-state index in [0.717, 1.165) is 11.3 Å². The molecule has 0 radical (unpaired) electrons. The van der Waals surface area contributed by atoms with Crippen LogP contribution < -0.4 is 20.1 Å². The molecule has 1 aromatic carbocycles. The molecule has 2 saturated carbocycles. The van der Waals surface area contributed by atoms with Crippen molar-refractivity contribution in [1.82, 2.24) is 35.1 Å². The third-order valence-electron chi connectivity index (χ3n) is 12.5. The lowest BCUT2D eigenvalue weighted by molar-refractivity contribution is -0.145. The number of carbonyl (C=O) groups is 5. The summed E-state index contributed by atoms with van der Waals surface area (Å²) in [5, 5.41) is 5.63. The van der Waals surface area contributed by atoms with Crippen molar-refractivity contribution in [3.8, 4) is 17.1 Å². The SMILES string of the molecule is COc1ccc2nc(-c3ccccn3)cc(C(=O)N[C@@H]3C[C@H]4C(=O)N[C@]5(C(=O)NS(=O)(=O)C6CC6)C[C@H]5/C=C\CCCCC[C@H](CC(=O)N5CCC(F)(F)C5)C(=O)N4C3)c2c1. The quantitative estimate of drug-likeness (QED) is 0.266. The van der Waals surface area contributed by atoms with Gasteiger partial charge < -0.3 is 25.2 Å². The van der Waals surface area contributed by atoms with E-state index >= 15 is 0 Å². The van der Waals surface area contributed by atoms with Gasteiger partial charge in [0.15, 0.2) is 0 Å². The molecule has 5 aliphatic rings. The Bertz CT molecular complexity index is 2380. The summed E-state index contributed by atoms with van der Waals surface area (Å²) < 4.78 is 61.8. The summed E-state index contributed by atoms with van der Waals surface area (Å²) >= 11 is 0. The van der Waals surface area contributed by atoms with Gasteiger partial charge in [-0.2, -0.15) is 0 Å². The van der Waals surface area contributed by atoms with Gasteiger partial charge in [-0.05, 0) is 81.3 Å². The number of fused-ring (bicyclic) bond motifs is 3. The molecule has 3 aliphatic heterocycles. The topological polar surface area (TPSA) is 197 Å². The molecule has 4 fully saturated rings. The summed E-state index contributed by atoms with van der Waals surface area (Å²) in [6.45, 7) is -1.02. The highest BCUT2D eigenvalue weighted by molar-refractivity contribution is 7.91. The highest BCUT2D eigenvalue weighted by Gasteiger charge is 2.62. The lowest BCUT2D eigenvalue weighted by Crippen LogP contribution is -2.57. The highest BCUT2D eigenvalue weighted by Crippen LogP contribution is 2.46. The number of pyridine rings is 2. The molecule has 2 saturated heterocycles. The van der Waals surface area contributed by atoms with E-state index in [1.165, 1.54) is 12.0 Å². The first-order chi connectivity index (χ1) is 29.2. The fraction of sp³-hybridized carbons (Fsp3) is 0.512. The van der Waals surface area contributed by atoms with E-state index in [2.05, 4.69) is 20.3 Å². The Morgan fingerprint density at radius 3 is 2.57 bits per heavy atom. The van der Waals surface area contributed by atoms with Crippen LogP contribution in [0.25, 0.3) is 22.3 Å². The number of hydrogen-bond acceptors (Lipinski definition) is 10. The van der Waals surface area contributed by atoms with Gasteiger partial charge in [0, 0.05) is 55.4 Å². The number of nitrogens with one attached hydrogen (secondary N) is 3. The first kappa shape index (κ1) is 42.2. The third kappa shape index (κ3) is 9.09. The maximum Gasteiger partial charge on any atom is 0.267 e. The van der Waals surface area contributed by atoms with Crippen molar-refractivity contribution in [2.24, 2.45) is 11.8 Å². The van der Waals surface area contributed by atoms with Crippen LogP contribution >= 0.6 is 0 Å². The van der Waals surface area contributed by atoms with E-state index in [1.54, 1.807) is 48.7 Å². The predicted molar refractivity (Wildman–Crippen MR) is 218 cm³/mol. The van der Waals surface area contributed by atoms with Gasteiger partial charge in [0.1, 0.15) is 17.3 Å². The molecule has 0 spiro atoms. The van der Waals surface area contributed by atoms with Crippen LogP contribution in [-0.4, -0.2) is 113 Å². The number of ether oxygens (including phenoxy) is 1. The molecule has 61 heavy (non-hydrogen) atoms. The van der Waals surface area contributed by atoms with Gasteiger partial charge in [0.25, 0.3) is 17.7 Å². The second kappa shape index (κ2) is 16.7. The zero-order valence-corrected chi connectivity index (χ0v) is 34.6. The number of carbonyl (C=O) groups excluding carboxylic acids is 5. The Balaban J connectivity index is 1.11. The first-order valence-electron chi connectivity index (χ1n) is 20.9. The van der Waals surface area contributed by atoms with E-state index < -0.39 is 93.2 Å². The number of halogens is 2. The summed E-state index contributed by atoms with van der Waals surface area (Å²) in [7, 11) is -2.47. The molecule has 18 heteroatoms. The van der Waals surface area contributed by atoms with Crippen molar-refractivity contribution in [2.75, 3.05) is 26.7 Å². The van der Waals surface area contributed by atoms with E-state index in [1.807, 2.05) is 12.2 Å². The Hall–Kier alpha value is -5.52. The Morgan fingerprint density at radius 2 is 1.85 bits per heavy atom. The Labute approximate surface area is 352 Å². The van der Waals surface area contributed by atoms with Gasteiger partial charge in [-0.1, -0.05) is 31.1 Å². The summed E-state index contributed by atoms with van der Waals surface area (Å²) in [6.07, 6.45) is 8.24. The van der Waals surface area contributed by atoms with E-state index in [-0.39, 0.29) is 44.3 Å². The van der Waals surface area contributed by atoms with E-state index in [0.29, 0.717) is 60.1 Å². The molecule has 2 aliphatic carbocycles. The standard InChI is InChI=1S/C43H49F2N7O8S/c1-60-29-12-15-33-31(21-29)32(22-35(48-33)34-11-7-8-17-46-34)38(54)47-28-20-36-39(55)49-43(41(57)50-61(58,59)30-13-14-30)23-27(43)10-6-4-2-3-5-9-26(40(56)52(36)24-28)19-37(53)51-18-16-42(44,45)25-51/h6-8,10-12,15,17,21-22,26-28,30,36H,2-5,9,13-14,16,18-20,23-25H2,1H3,(H,47,54)(H,49,55)(H,50,57)/b10-6-/t26-,27-,28-,36+,43-/m1/s1. The summed E-state index contributed by atoms with van der Waals surface area (Å²) in [6, 6.07) is 9.99. The average molecular weight is 862 g/mol. The predicted octanol–water partition coefficient (Wildman–Crippen LogP) is 3.88. The molecule has 5 atom stereocenters. The van der Waals surface area contributed by atoms with Gasteiger partial charge in [0.2, 0.25) is 27.7 Å². The number of alkyl halides is 2. The number of amides is 5. The van der Waals surface area contributed by atoms with Crippen LogP contribution in [0.3, 0.4) is 0 Å². The number of benzene rings is 1. The number of hydrogen-bond donors (Lipinski definition) is 3. The second-order valence-corrected chi connectivity index (χ2v) is 18.9. The maximum atomic E-state index is 14.7. The first-order valence-corrected chi connectivity index (χ1v) is 22.4. The van der Waals surface area contributed by atoms with Crippen LogP contribution in [0.5, 0.6) is 5.75 Å². The Morgan fingerprint density at radius 1 is 1.03 bits per heavy atom. The maximum absolute atomic E-state index is 14.7. The fourth-order valence-electron chi connectivity index (χ4n) is 8.75. The third-order valence-corrected chi connectivity index (χ3v) is 14.3. The number of rotatable bonds is 9. The molecule has 0 unspecified atom stereocenters. The van der Waals surface area contributed by atoms with Crippen molar-refractivity contribution in [1.29, 1.82) is 0 Å². The molecule has 0 bridgehead atoms. The highest BCUT2D eigenvalue weighted by atomic mass is 32.2. The molecular formula is C43H49F2N7O8S. The molecule has 3 N–H and O–H groups in total. The summed E-state index contributed by atoms with van der Waals surface area (Å²) in [5.74, 6) is -7.26. The minimum Gasteiger partial charge on any atom is -0.497 e. The number of sulfonamides is 1. The van der Waals surface area contributed by atoms with Crippen molar-refractivity contribution < 1.29 is 45.9 Å². The Kier molecular flexibility index (Phi) is 11.6. The van der Waals surface area contributed by atoms with Crippen LogP contribution in [-0.2, 0) is 29.2 Å². The number of nitrogens with zero attached hydrogens (tertiary/aromatic N) is 4. The minimum atomic E-state index is -3.97. The second-order valence-electron chi connectivity index (χ2n) is 16.9. The van der Waals surface area contributed by atoms with E-state index in [9.17, 15) is 41.2 Å². The van der Waals surface area contributed by atoms with Gasteiger partial charge in [0.05, 0.1) is 41.4 Å². The molecule has 5 heterocycles. The zero-order chi connectivity index (χ0) is 43.1. The average Bonchev–Trinajstić information content (AvgIpc) is 4.14. The number of likely N-dealkylation sites (tertiary alicyclic amines) is 1. The zero-order valence-electron chi connectivity index (χ0n) is 33.8. The smallest absolute Gasteiger partial charge is 0.267 e. The summed E-state index contributed by atoms with van der Waals surface area (Å²) in [4.78, 5) is 82.4. The number of methoxy groups -OCH3 is 1. The van der Waals surface area contributed by atoms with Gasteiger partial charge >= 0.3 is 0 Å². The fourth-order valence-corrected chi connectivity index (χ4v) is 10.1. The molecule has 324 valence electrons. The normalized spacial score (nSPS) is 27.2. The molecule has 5 amide bonds. The lowest BCUT2D eigenvalue weighted by Gasteiger charge is -2.30. The van der Waals surface area contributed by atoms with Crippen molar-refractivity contribution >= 4 is 50.5 Å². The van der Waals surface area contributed by atoms with E-state index in [4.69, 9.17) is 9.72 Å². The van der Waals surface area contributed by atoms with Crippen LogP contribution in [0.15, 0.2) is 60.8 Å². The largest absolute Gasteiger partial charge is 0.497 e. The van der Waals surface area contributed by atoms with Gasteiger partial charge in [-0.3, -0.25) is 33.7 Å². The molecule has 3 aromatic rings. The van der Waals surface area contributed by atoms with Gasteiger partial charge in [-0.25, -0.2) is 22.2 Å². The summed E-state index contributed by atoms with van der Waals surface area (Å²) in [5.41, 5.74) is 0.0827. The monoisotopic (exact) mass is 861 g/mol. The van der Waals surface area contributed by atoms with Crippen LogP contribution in [0.2, 0.25) is 0 Å². The van der Waals surface area contributed by atoms with Crippen molar-refractivity contribution in [3.05, 3.63) is 66.4 Å². The van der Waals surface area contributed by atoms with Crippen LogP contribution in [0.1, 0.15) is 81.0 Å². The van der Waals surface area contributed by atoms with Crippen molar-refractivity contribution in [3.63, 3.8) is 0 Å².